The molecule has 0 aliphatic heterocycles. The molecule has 7 heteroatoms. The molecule has 1 N–H and O–H groups in total. The van der Waals surface area contributed by atoms with E-state index in [-0.39, 0.29) is 10.8 Å². The zero-order valence-electron chi connectivity index (χ0n) is 11.7. The summed E-state index contributed by atoms with van der Waals surface area (Å²) in [5.74, 6) is 0.0633. The average Bonchev–Trinajstić information content (AvgIpc) is 2.96. The van der Waals surface area contributed by atoms with E-state index in [0.717, 1.165) is 11.1 Å². The topological polar surface area (TPSA) is 85.1 Å². The van der Waals surface area contributed by atoms with Gasteiger partial charge in [0.2, 0.25) is 5.88 Å². The summed E-state index contributed by atoms with van der Waals surface area (Å²) in [6.45, 7) is 1.83. The summed E-state index contributed by atoms with van der Waals surface area (Å²) in [6, 6.07) is 11.7. The Morgan fingerprint density at radius 3 is 2.59 bits per heavy atom. The number of aryl methyl sites for hydroxylation is 1. The van der Waals surface area contributed by atoms with Gasteiger partial charge in [0.15, 0.2) is 0 Å². The van der Waals surface area contributed by atoms with Crippen molar-refractivity contribution in [1.29, 1.82) is 0 Å². The van der Waals surface area contributed by atoms with Gasteiger partial charge >= 0.3 is 0 Å². The third-order valence-corrected chi connectivity index (χ3v) is 4.37. The van der Waals surface area contributed by atoms with Crippen LogP contribution < -0.4 is 4.72 Å². The molecule has 0 unspecified atom stereocenters. The van der Waals surface area contributed by atoms with Crippen LogP contribution in [0.1, 0.15) is 5.56 Å². The second-order valence-electron chi connectivity index (χ2n) is 4.73. The van der Waals surface area contributed by atoms with Crippen molar-refractivity contribution in [2.45, 2.75) is 11.8 Å². The minimum atomic E-state index is -3.70. The summed E-state index contributed by atoms with van der Waals surface area (Å²) < 4.78 is 32.0. The largest absolute Gasteiger partial charge is 0.337 e. The number of benzene rings is 1. The van der Waals surface area contributed by atoms with Crippen LogP contribution in [0.4, 0.5) is 5.88 Å². The molecule has 2 aromatic heterocycles. The number of anilines is 1. The number of nitrogens with zero attached hydrogens (tertiary/aromatic N) is 2. The normalized spacial score (nSPS) is 11.3. The Morgan fingerprint density at radius 1 is 1.09 bits per heavy atom. The molecule has 0 saturated carbocycles. The fraction of sp³-hybridized carbons (Fsp3) is 0.0667. The summed E-state index contributed by atoms with van der Waals surface area (Å²) in [7, 11) is -3.70. The van der Waals surface area contributed by atoms with Crippen LogP contribution in [0.25, 0.3) is 11.3 Å². The Morgan fingerprint density at radius 2 is 1.86 bits per heavy atom. The number of pyridine rings is 1. The highest BCUT2D eigenvalue weighted by atomic mass is 32.2. The van der Waals surface area contributed by atoms with E-state index in [1.54, 1.807) is 36.7 Å². The maximum absolute atomic E-state index is 12.3. The van der Waals surface area contributed by atoms with Crippen LogP contribution in [0.5, 0.6) is 0 Å². The summed E-state index contributed by atoms with van der Waals surface area (Å²) >= 11 is 0. The van der Waals surface area contributed by atoms with Gasteiger partial charge in [0.05, 0.1) is 4.90 Å². The average molecular weight is 315 g/mol. The van der Waals surface area contributed by atoms with Crippen LogP contribution in [-0.4, -0.2) is 18.6 Å². The van der Waals surface area contributed by atoms with Crippen molar-refractivity contribution < 1.29 is 12.9 Å². The molecule has 3 aromatic rings. The van der Waals surface area contributed by atoms with Gasteiger partial charge in [0, 0.05) is 24.0 Å². The first-order valence-electron chi connectivity index (χ1n) is 6.51. The molecule has 0 fully saturated rings. The third kappa shape index (κ3) is 2.99. The summed E-state index contributed by atoms with van der Waals surface area (Å²) in [4.78, 5) is 4.09. The molecule has 0 aliphatic rings. The molecule has 6 nitrogen and oxygen atoms in total. The van der Waals surface area contributed by atoms with Gasteiger partial charge in [-0.2, -0.15) is 0 Å². The van der Waals surface area contributed by atoms with Crippen molar-refractivity contribution >= 4 is 15.9 Å². The van der Waals surface area contributed by atoms with Crippen LogP contribution in [-0.2, 0) is 10.0 Å². The predicted molar refractivity (Wildman–Crippen MR) is 81.7 cm³/mol. The SMILES string of the molecule is Cc1cccc(S(=O)(=O)Nc2cc(-c3ccncc3)no2)c1. The van der Waals surface area contributed by atoms with Gasteiger partial charge in [0.1, 0.15) is 5.69 Å². The van der Waals surface area contributed by atoms with Gasteiger partial charge in [-0.05, 0) is 36.8 Å². The predicted octanol–water partition coefficient (Wildman–Crippen LogP) is 2.85. The Labute approximate surface area is 127 Å². The lowest BCUT2D eigenvalue weighted by Crippen LogP contribution is -2.12. The van der Waals surface area contributed by atoms with E-state index >= 15 is 0 Å². The fourth-order valence-corrected chi connectivity index (χ4v) is 3.03. The van der Waals surface area contributed by atoms with E-state index in [0.29, 0.717) is 5.69 Å². The van der Waals surface area contributed by atoms with Gasteiger partial charge in [-0.1, -0.05) is 17.3 Å². The quantitative estimate of drug-likeness (QED) is 0.800. The number of sulfonamides is 1. The first-order valence-corrected chi connectivity index (χ1v) is 7.99. The van der Waals surface area contributed by atoms with Crippen molar-refractivity contribution in [3.8, 4) is 11.3 Å². The minimum Gasteiger partial charge on any atom is -0.337 e. The zero-order chi connectivity index (χ0) is 15.6. The Hall–Kier alpha value is -2.67. The van der Waals surface area contributed by atoms with Gasteiger partial charge in [0.25, 0.3) is 10.0 Å². The standard InChI is InChI=1S/C15H13N3O3S/c1-11-3-2-4-13(9-11)22(19,20)18-15-10-14(17-21-15)12-5-7-16-8-6-12/h2-10,18H,1H3. The Balaban J connectivity index is 1.86. The first-order chi connectivity index (χ1) is 10.5. The smallest absolute Gasteiger partial charge is 0.264 e. The highest BCUT2D eigenvalue weighted by molar-refractivity contribution is 7.92. The van der Waals surface area contributed by atoms with E-state index < -0.39 is 10.0 Å². The molecule has 1 aromatic carbocycles. The molecule has 0 radical (unpaired) electrons. The number of hydrogen-bond acceptors (Lipinski definition) is 5. The molecule has 112 valence electrons. The zero-order valence-corrected chi connectivity index (χ0v) is 12.5. The molecule has 0 aliphatic carbocycles. The van der Waals surface area contributed by atoms with Crippen LogP contribution >= 0.6 is 0 Å². The van der Waals surface area contributed by atoms with E-state index in [2.05, 4.69) is 14.9 Å². The lowest BCUT2D eigenvalue weighted by Gasteiger charge is -2.04. The molecular weight excluding hydrogens is 302 g/mol. The summed E-state index contributed by atoms with van der Waals surface area (Å²) in [5, 5.41) is 3.85. The van der Waals surface area contributed by atoms with Crippen molar-refractivity contribution in [2.75, 3.05) is 4.72 Å². The monoisotopic (exact) mass is 315 g/mol. The molecular formula is C15H13N3O3S. The molecule has 0 bridgehead atoms. The number of rotatable bonds is 4. The van der Waals surface area contributed by atoms with Crippen LogP contribution in [0, 0.1) is 6.92 Å². The summed E-state index contributed by atoms with van der Waals surface area (Å²) in [6.07, 6.45) is 3.25. The van der Waals surface area contributed by atoms with Crippen LogP contribution in [0.3, 0.4) is 0 Å². The van der Waals surface area contributed by atoms with Crippen molar-refractivity contribution in [3.05, 3.63) is 60.4 Å². The van der Waals surface area contributed by atoms with Gasteiger partial charge in [-0.25, -0.2) is 13.1 Å². The number of nitrogens with one attached hydrogen (secondary N) is 1. The van der Waals surface area contributed by atoms with Gasteiger partial charge in [-0.3, -0.25) is 4.98 Å². The molecule has 22 heavy (non-hydrogen) atoms. The van der Waals surface area contributed by atoms with Crippen LogP contribution in [0.2, 0.25) is 0 Å². The van der Waals surface area contributed by atoms with Gasteiger partial charge < -0.3 is 4.52 Å². The molecule has 0 saturated heterocycles. The molecule has 0 amide bonds. The second-order valence-corrected chi connectivity index (χ2v) is 6.42. The Bertz CT molecular complexity index is 889. The fourth-order valence-electron chi connectivity index (χ4n) is 1.96. The molecule has 0 atom stereocenters. The third-order valence-electron chi connectivity index (χ3n) is 3.02. The summed E-state index contributed by atoms with van der Waals surface area (Å²) in [5.41, 5.74) is 2.18. The van der Waals surface area contributed by atoms with Crippen molar-refractivity contribution in [2.24, 2.45) is 0 Å². The van der Waals surface area contributed by atoms with Crippen molar-refractivity contribution in [3.63, 3.8) is 0 Å². The molecule has 2 heterocycles. The van der Waals surface area contributed by atoms with E-state index in [9.17, 15) is 8.42 Å². The van der Waals surface area contributed by atoms with E-state index in [4.69, 9.17) is 4.52 Å². The second kappa shape index (κ2) is 5.61. The lowest BCUT2D eigenvalue weighted by atomic mass is 10.2. The maximum atomic E-state index is 12.3. The molecule has 3 rings (SSSR count). The lowest BCUT2D eigenvalue weighted by molar-refractivity contribution is 0.438. The van der Waals surface area contributed by atoms with E-state index in [1.807, 2.05) is 13.0 Å². The molecule has 0 spiro atoms. The minimum absolute atomic E-state index is 0.0633. The number of hydrogen-bond donors (Lipinski definition) is 1. The van der Waals surface area contributed by atoms with Gasteiger partial charge in [-0.15, -0.1) is 0 Å². The van der Waals surface area contributed by atoms with Crippen LogP contribution in [0.15, 0.2) is 64.3 Å². The van der Waals surface area contributed by atoms with E-state index in [1.165, 1.54) is 12.1 Å². The van der Waals surface area contributed by atoms with Crippen molar-refractivity contribution in [1.82, 2.24) is 10.1 Å². The number of aromatic nitrogens is 2. The maximum Gasteiger partial charge on any atom is 0.264 e. The first kappa shape index (κ1) is 14.3. The Kier molecular flexibility index (Phi) is 3.64. The highest BCUT2D eigenvalue weighted by Crippen LogP contribution is 2.23. The highest BCUT2D eigenvalue weighted by Gasteiger charge is 2.17.